The quantitative estimate of drug-likeness (QED) is 0.670. The Hall–Kier alpha value is -2.35. The Balaban J connectivity index is 2.05. The number of ether oxygens (including phenoxy) is 1. The number of alkyl halides is 3. The second kappa shape index (κ2) is 9.73. The number of nitrogens with one attached hydrogen (secondary N) is 1. The summed E-state index contributed by atoms with van der Waals surface area (Å²) in [5.41, 5.74) is 0.900. The number of allylic oxidation sites excluding steroid dienone is 1. The highest BCUT2D eigenvalue weighted by molar-refractivity contribution is 6.02. The topological polar surface area (TPSA) is 71.5 Å². The molecule has 1 aliphatic carbocycles. The van der Waals surface area contributed by atoms with Crippen LogP contribution >= 0.6 is 0 Å². The molecule has 0 saturated heterocycles. The number of pyridine rings is 1. The van der Waals surface area contributed by atoms with Gasteiger partial charge >= 0.3 is 6.18 Å². The number of nitrogens with zero attached hydrogens (tertiary/aromatic N) is 1. The predicted molar refractivity (Wildman–Crippen MR) is 101 cm³/mol. The fraction of sp³-hybridized carbons (Fsp3) is 0.500. The van der Waals surface area contributed by atoms with Crippen molar-refractivity contribution in [1.29, 1.82) is 0 Å². The summed E-state index contributed by atoms with van der Waals surface area (Å²) in [6.45, 7) is 3.43. The van der Waals surface area contributed by atoms with Gasteiger partial charge in [-0.25, -0.2) is 4.98 Å². The largest absolute Gasteiger partial charge is 0.495 e. The molecule has 0 bridgehead atoms. The Morgan fingerprint density at radius 2 is 2.07 bits per heavy atom. The van der Waals surface area contributed by atoms with Crippen molar-refractivity contribution < 1.29 is 27.8 Å². The molecule has 0 radical (unpaired) electrons. The highest BCUT2D eigenvalue weighted by Gasteiger charge is 2.40. The van der Waals surface area contributed by atoms with E-state index in [0.29, 0.717) is 30.0 Å². The molecule has 28 heavy (non-hydrogen) atoms. The van der Waals surface area contributed by atoms with E-state index in [2.05, 4.69) is 16.9 Å². The number of aliphatic hydroxyl groups excluding tert-OH is 1. The maximum Gasteiger partial charge on any atom is 0.391 e. The molecule has 0 unspecified atom stereocenters. The van der Waals surface area contributed by atoms with E-state index in [1.165, 1.54) is 13.3 Å². The second-order valence-electron chi connectivity index (χ2n) is 6.86. The smallest absolute Gasteiger partial charge is 0.391 e. The number of carbonyl (C=O) groups excluding carboxylic acids is 1. The standard InChI is InChI=1S/C20H25F3N2O3/c1-13(9-10-26)19(27)25-18-11-15(17(28-2)12-24-18)6-3-14-4-7-16(8-5-14)20(21,22)23/h3,6,11-12,14,16,26H,1,4-5,7-10H2,2H3,(H,24,25,27)/b6-3+. The lowest BCUT2D eigenvalue weighted by Crippen LogP contribution is -2.27. The lowest BCUT2D eigenvalue weighted by atomic mass is 9.81. The van der Waals surface area contributed by atoms with Crippen molar-refractivity contribution in [1.82, 2.24) is 4.98 Å². The van der Waals surface area contributed by atoms with Crippen molar-refractivity contribution in [2.75, 3.05) is 19.0 Å². The summed E-state index contributed by atoms with van der Waals surface area (Å²) in [5.74, 6) is -0.787. The van der Waals surface area contributed by atoms with E-state index >= 15 is 0 Å². The van der Waals surface area contributed by atoms with E-state index in [0.717, 1.165) is 0 Å². The van der Waals surface area contributed by atoms with Crippen LogP contribution in [-0.4, -0.2) is 35.9 Å². The molecule has 1 fully saturated rings. The molecule has 0 aromatic carbocycles. The molecule has 1 aromatic heterocycles. The van der Waals surface area contributed by atoms with Gasteiger partial charge in [0.25, 0.3) is 5.91 Å². The van der Waals surface area contributed by atoms with E-state index in [1.54, 1.807) is 12.1 Å². The van der Waals surface area contributed by atoms with Gasteiger partial charge in [0.05, 0.1) is 19.2 Å². The Labute approximate surface area is 162 Å². The summed E-state index contributed by atoms with van der Waals surface area (Å²) in [6.07, 6.45) is 2.44. The first-order chi connectivity index (χ1) is 13.2. The minimum atomic E-state index is -4.11. The van der Waals surface area contributed by atoms with Crippen molar-refractivity contribution in [3.8, 4) is 5.75 Å². The van der Waals surface area contributed by atoms with Gasteiger partial charge in [0.2, 0.25) is 0 Å². The first-order valence-corrected chi connectivity index (χ1v) is 9.13. The van der Waals surface area contributed by atoms with Crippen molar-refractivity contribution in [2.45, 2.75) is 38.3 Å². The van der Waals surface area contributed by atoms with Gasteiger partial charge in [0.1, 0.15) is 11.6 Å². The van der Waals surface area contributed by atoms with Crippen LogP contribution in [-0.2, 0) is 4.79 Å². The van der Waals surface area contributed by atoms with Crippen LogP contribution in [0.1, 0.15) is 37.7 Å². The average molecular weight is 398 g/mol. The normalized spacial score (nSPS) is 20.2. The van der Waals surface area contributed by atoms with Crippen LogP contribution in [0.5, 0.6) is 5.75 Å². The molecule has 0 spiro atoms. The van der Waals surface area contributed by atoms with Gasteiger partial charge in [-0.2, -0.15) is 13.2 Å². The van der Waals surface area contributed by atoms with Crippen LogP contribution in [0.3, 0.4) is 0 Å². The number of hydrogen-bond donors (Lipinski definition) is 2. The van der Waals surface area contributed by atoms with Gasteiger partial charge in [0, 0.05) is 24.2 Å². The van der Waals surface area contributed by atoms with Crippen LogP contribution in [0, 0.1) is 11.8 Å². The number of aromatic nitrogens is 1. The Morgan fingerprint density at radius 3 is 2.64 bits per heavy atom. The first kappa shape index (κ1) is 21.9. The van der Waals surface area contributed by atoms with E-state index in [9.17, 15) is 18.0 Å². The average Bonchev–Trinajstić information content (AvgIpc) is 2.66. The monoisotopic (exact) mass is 398 g/mol. The lowest BCUT2D eigenvalue weighted by Gasteiger charge is -2.28. The molecule has 1 saturated carbocycles. The fourth-order valence-corrected chi connectivity index (χ4v) is 3.16. The maximum absolute atomic E-state index is 12.8. The predicted octanol–water partition coefficient (Wildman–Crippen LogP) is 4.35. The molecule has 8 heteroatoms. The van der Waals surface area contributed by atoms with Crippen molar-refractivity contribution in [3.05, 3.63) is 36.1 Å². The number of rotatable bonds is 7. The van der Waals surface area contributed by atoms with Gasteiger partial charge < -0.3 is 15.2 Å². The third kappa shape index (κ3) is 6.09. The van der Waals surface area contributed by atoms with Crippen LogP contribution in [0.25, 0.3) is 6.08 Å². The molecule has 2 rings (SSSR count). The van der Waals surface area contributed by atoms with E-state index in [1.807, 2.05) is 6.08 Å². The molecule has 0 aliphatic heterocycles. The molecule has 0 atom stereocenters. The minimum absolute atomic E-state index is 0.0684. The zero-order valence-corrected chi connectivity index (χ0v) is 15.8. The summed E-state index contributed by atoms with van der Waals surface area (Å²) in [4.78, 5) is 16.1. The van der Waals surface area contributed by atoms with Crippen molar-refractivity contribution >= 4 is 17.8 Å². The molecule has 1 heterocycles. The lowest BCUT2D eigenvalue weighted by molar-refractivity contribution is -0.183. The molecule has 5 nitrogen and oxygen atoms in total. The summed E-state index contributed by atoms with van der Waals surface area (Å²) < 4.78 is 43.6. The Kier molecular flexibility index (Phi) is 7.62. The van der Waals surface area contributed by atoms with Gasteiger partial charge in [-0.1, -0.05) is 18.7 Å². The third-order valence-electron chi connectivity index (χ3n) is 4.88. The minimum Gasteiger partial charge on any atom is -0.495 e. The number of aliphatic hydroxyl groups is 1. The van der Waals surface area contributed by atoms with Crippen LogP contribution in [0.2, 0.25) is 0 Å². The molecule has 2 N–H and O–H groups in total. The van der Waals surface area contributed by atoms with Gasteiger partial charge in [-0.15, -0.1) is 0 Å². The van der Waals surface area contributed by atoms with Crippen molar-refractivity contribution in [3.63, 3.8) is 0 Å². The highest BCUT2D eigenvalue weighted by Crippen LogP contribution is 2.40. The van der Waals surface area contributed by atoms with E-state index in [-0.39, 0.29) is 37.4 Å². The summed E-state index contributed by atoms with van der Waals surface area (Å²) in [7, 11) is 1.49. The zero-order valence-electron chi connectivity index (χ0n) is 15.8. The number of anilines is 1. The van der Waals surface area contributed by atoms with E-state index in [4.69, 9.17) is 9.84 Å². The number of halogens is 3. The third-order valence-corrected chi connectivity index (χ3v) is 4.88. The number of methoxy groups -OCH3 is 1. The highest BCUT2D eigenvalue weighted by atomic mass is 19.4. The van der Waals surface area contributed by atoms with Gasteiger partial charge in [0.15, 0.2) is 0 Å². The zero-order chi connectivity index (χ0) is 20.7. The summed E-state index contributed by atoms with van der Waals surface area (Å²) >= 11 is 0. The SMILES string of the molecule is C=C(CCO)C(=O)Nc1cc(/C=C/C2CCC(C(F)(F)F)CC2)c(OC)cn1. The molecule has 1 amide bonds. The number of amides is 1. The van der Waals surface area contributed by atoms with Crippen LogP contribution < -0.4 is 10.1 Å². The Morgan fingerprint density at radius 1 is 1.39 bits per heavy atom. The van der Waals surface area contributed by atoms with Crippen LogP contribution in [0.15, 0.2) is 30.5 Å². The van der Waals surface area contributed by atoms with Crippen molar-refractivity contribution in [2.24, 2.45) is 11.8 Å². The number of hydrogen-bond acceptors (Lipinski definition) is 4. The summed E-state index contributed by atoms with van der Waals surface area (Å²) in [5, 5.41) is 11.5. The fourth-order valence-electron chi connectivity index (χ4n) is 3.16. The molecule has 1 aromatic rings. The maximum atomic E-state index is 12.8. The summed E-state index contributed by atoms with van der Waals surface area (Å²) in [6, 6.07) is 1.63. The van der Waals surface area contributed by atoms with E-state index < -0.39 is 18.0 Å². The Bertz CT molecular complexity index is 724. The van der Waals surface area contributed by atoms with Crippen LogP contribution in [0.4, 0.5) is 19.0 Å². The van der Waals surface area contributed by atoms with Gasteiger partial charge in [-0.3, -0.25) is 4.79 Å². The number of carbonyl (C=O) groups is 1. The van der Waals surface area contributed by atoms with Gasteiger partial charge in [-0.05, 0) is 37.7 Å². The molecule has 154 valence electrons. The molecule has 1 aliphatic rings. The molecular formula is C20H25F3N2O3. The second-order valence-corrected chi connectivity index (χ2v) is 6.86. The molecular weight excluding hydrogens is 373 g/mol. The first-order valence-electron chi connectivity index (χ1n) is 9.13.